The van der Waals surface area contributed by atoms with Crippen molar-refractivity contribution < 1.29 is 0 Å². The summed E-state index contributed by atoms with van der Waals surface area (Å²) in [5, 5.41) is 11.0. The molecule has 5 heteroatoms. The second-order valence-electron chi connectivity index (χ2n) is 3.78. The van der Waals surface area contributed by atoms with E-state index in [2.05, 4.69) is 20.1 Å². The van der Waals surface area contributed by atoms with Crippen LogP contribution >= 0.6 is 0 Å². The highest BCUT2D eigenvalue weighted by Crippen LogP contribution is 2.33. The number of nitrogens with zero attached hydrogens (tertiary/aromatic N) is 4. The minimum Gasteiger partial charge on any atom is -0.285 e. The van der Waals surface area contributed by atoms with Crippen molar-refractivity contribution >= 4 is 11.2 Å². The summed E-state index contributed by atoms with van der Waals surface area (Å²) in [6, 6.07) is 3.96. The number of hydrogen-bond acceptors (Lipinski definition) is 2. The van der Waals surface area contributed by atoms with Crippen LogP contribution in [0, 0.1) is 13.5 Å². The van der Waals surface area contributed by atoms with E-state index in [0.29, 0.717) is 5.69 Å². The quantitative estimate of drug-likeness (QED) is 0.644. The molecule has 3 aromatic heterocycles. The molecule has 0 radical (unpaired) electrons. The van der Waals surface area contributed by atoms with E-state index in [-0.39, 0.29) is 0 Å². The van der Waals surface area contributed by atoms with Crippen molar-refractivity contribution in [3.63, 3.8) is 0 Å². The van der Waals surface area contributed by atoms with Crippen molar-refractivity contribution in [1.29, 1.82) is 0 Å². The molecule has 82 valence electrons. The average Bonchev–Trinajstić information content (AvgIpc) is 2.98. The molecule has 3 aromatic rings. The molecule has 0 amide bonds. The molecule has 1 N–H and O–H groups in total. The van der Waals surface area contributed by atoms with Crippen LogP contribution in [0.2, 0.25) is 0 Å². The highest BCUT2D eigenvalue weighted by atomic mass is 15.2. The van der Waals surface area contributed by atoms with Gasteiger partial charge in [-0.3, -0.25) is 5.10 Å². The fourth-order valence-electron chi connectivity index (χ4n) is 1.95. The van der Waals surface area contributed by atoms with Gasteiger partial charge < -0.3 is 0 Å². The maximum Gasteiger partial charge on any atom is 0.216 e. The molecule has 0 saturated carbocycles. The summed E-state index contributed by atoms with van der Waals surface area (Å²) in [6.45, 7) is 9.20. The molecule has 0 unspecified atom stereocenters. The summed E-state index contributed by atoms with van der Waals surface area (Å²) in [6.07, 6.45) is 5.09. The lowest BCUT2D eigenvalue weighted by Crippen LogP contribution is -1.94. The first-order valence-corrected chi connectivity index (χ1v) is 5.15. The minimum atomic E-state index is 0.539. The Morgan fingerprint density at radius 3 is 2.94 bits per heavy atom. The Balaban J connectivity index is 2.45. The zero-order valence-corrected chi connectivity index (χ0v) is 9.18. The minimum absolute atomic E-state index is 0.539. The number of nitrogens with one attached hydrogen (secondary N) is 1. The zero-order valence-electron chi connectivity index (χ0n) is 9.18. The number of fused-ring (bicyclic) bond motifs is 1. The Kier molecular flexibility index (Phi) is 1.95. The Hall–Kier alpha value is -2.61. The van der Waals surface area contributed by atoms with E-state index in [0.717, 1.165) is 22.3 Å². The van der Waals surface area contributed by atoms with Crippen molar-refractivity contribution in [2.45, 2.75) is 6.92 Å². The van der Waals surface area contributed by atoms with E-state index >= 15 is 0 Å². The Labute approximate surface area is 97.5 Å². The number of H-pyrrole nitrogens is 1. The summed E-state index contributed by atoms with van der Waals surface area (Å²) >= 11 is 0. The van der Waals surface area contributed by atoms with Gasteiger partial charge in [-0.1, -0.05) is 0 Å². The van der Waals surface area contributed by atoms with Crippen molar-refractivity contribution in [3.8, 4) is 11.1 Å². The number of hydrogen-bond donors (Lipinski definition) is 1. The van der Waals surface area contributed by atoms with Crippen LogP contribution in [0.3, 0.4) is 0 Å². The summed E-state index contributed by atoms with van der Waals surface area (Å²) in [7, 11) is 0. The van der Waals surface area contributed by atoms with Gasteiger partial charge in [-0.15, -0.1) is 0 Å². The summed E-state index contributed by atoms with van der Waals surface area (Å²) < 4.78 is 1.83. The molecule has 3 heterocycles. The maximum atomic E-state index is 7.21. The third-order valence-electron chi connectivity index (χ3n) is 2.76. The SMILES string of the molecule is [C-]#[N+]c1cnn2c(C)ccc2c1-c1cn[nH]c1. The second-order valence-corrected chi connectivity index (χ2v) is 3.78. The summed E-state index contributed by atoms with van der Waals surface area (Å²) in [5.41, 5.74) is 4.29. The molecule has 17 heavy (non-hydrogen) atoms. The van der Waals surface area contributed by atoms with E-state index < -0.39 is 0 Å². The fraction of sp³-hybridized carbons (Fsp3) is 0.0833. The zero-order chi connectivity index (χ0) is 11.8. The molecular formula is C12H9N5. The molecule has 0 bridgehead atoms. The second kappa shape index (κ2) is 3.46. The number of rotatable bonds is 1. The van der Waals surface area contributed by atoms with E-state index in [4.69, 9.17) is 6.57 Å². The van der Waals surface area contributed by atoms with Crippen molar-refractivity contribution in [1.82, 2.24) is 19.8 Å². The highest BCUT2D eigenvalue weighted by Gasteiger charge is 2.13. The number of aryl methyl sites for hydroxylation is 1. The number of aromatic nitrogens is 4. The van der Waals surface area contributed by atoms with Gasteiger partial charge in [0.2, 0.25) is 5.69 Å². The van der Waals surface area contributed by atoms with Crippen molar-refractivity contribution in [2.24, 2.45) is 0 Å². The predicted molar refractivity (Wildman–Crippen MR) is 63.8 cm³/mol. The van der Waals surface area contributed by atoms with Crippen LogP contribution in [0.25, 0.3) is 21.5 Å². The summed E-state index contributed by atoms with van der Waals surface area (Å²) in [4.78, 5) is 3.52. The molecular weight excluding hydrogens is 214 g/mol. The number of aromatic amines is 1. The van der Waals surface area contributed by atoms with Gasteiger partial charge in [0, 0.05) is 23.0 Å². The van der Waals surface area contributed by atoms with E-state index in [1.165, 1.54) is 0 Å². The highest BCUT2D eigenvalue weighted by molar-refractivity contribution is 5.90. The van der Waals surface area contributed by atoms with Crippen LogP contribution in [-0.2, 0) is 0 Å². The Morgan fingerprint density at radius 2 is 2.24 bits per heavy atom. The van der Waals surface area contributed by atoms with Crippen LogP contribution in [0.15, 0.2) is 30.7 Å². The average molecular weight is 223 g/mol. The molecule has 0 saturated heterocycles. The van der Waals surface area contributed by atoms with Crippen molar-refractivity contribution in [2.75, 3.05) is 0 Å². The van der Waals surface area contributed by atoms with Crippen LogP contribution in [0.4, 0.5) is 5.69 Å². The van der Waals surface area contributed by atoms with Crippen LogP contribution in [0.5, 0.6) is 0 Å². The molecule has 0 aliphatic rings. The molecule has 0 aliphatic carbocycles. The fourth-order valence-corrected chi connectivity index (χ4v) is 1.95. The Morgan fingerprint density at radius 1 is 1.35 bits per heavy atom. The van der Waals surface area contributed by atoms with E-state index in [1.807, 2.05) is 23.6 Å². The predicted octanol–water partition coefficient (Wildman–Crippen LogP) is 2.58. The van der Waals surface area contributed by atoms with Gasteiger partial charge in [0.25, 0.3) is 0 Å². The lowest BCUT2D eigenvalue weighted by Gasteiger charge is -2.05. The van der Waals surface area contributed by atoms with Gasteiger partial charge in [-0.05, 0) is 19.1 Å². The van der Waals surface area contributed by atoms with Gasteiger partial charge >= 0.3 is 0 Å². The van der Waals surface area contributed by atoms with Gasteiger partial charge in [0.1, 0.15) is 0 Å². The van der Waals surface area contributed by atoms with Gasteiger partial charge in [-0.25, -0.2) is 9.36 Å². The first kappa shape index (κ1) is 9.60. The Bertz CT molecular complexity index is 715. The summed E-state index contributed by atoms with van der Waals surface area (Å²) in [5.74, 6) is 0. The third kappa shape index (κ3) is 1.31. The van der Waals surface area contributed by atoms with Gasteiger partial charge in [0.05, 0.1) is 24.5 Å². The molecule has 0 fully saturated rings. The maximum absolute atomic E-state index is 7.21. The molecule has 0 aromatic carbocycles. The third-order valence-corrected chi connectivity index (χ3v) is 2.76. The molecule has 0 atom stereocenters. The normalized spacial score (nSPS) is 10.6. The molecule has 0 spiro atoms. The lowest BCUT2D eigenvalue weighted by atomic mass is 10.1. The topological polar surface area (TPSA) is 50.3 Å². The van der Waals surface area contributed by atoms with Gasteiger partial charge in [-0.2, -0.15) is 10.2 Å². The van der Waals surface area contributed by atoms with Gasteiger partial charge in [0.15, 0.2) is 0 Å². The smallest absolute Gasteiger partial charge is 0.216 e. The van der Waals surface area contributed by atoms with E-state index in [1.54, 1.807) is 18.6 Å². The van der Waals surface area contributed by atoms with Crippen LogP contribution < -0.4 is 0 Å². The standard InChI is InChI=1S/C12H9N5/c1-8-3-4-11-12(9-5-14-15-6-9)10(13-2)7-16-17(8)11/h3-7H,1H3,(H,14,15). The largest absolute Gasteiger partial charge is 0.285 e. The first-order valence-electron chi connectivity index (χ1n) is 5.15. The monoisotopic (exact) mass is 223 g/mol. The molecule has 0 aliphatic heterocycles. The van der Waals surface area contributed by atoms with Crippen LogP contribution in [-0.4, -0.2) is 19.8 Å². The molecule has 3 rings (SSSR count). The first-order chi connectivity index (χ1) is 8.31. The molecule has 5 nitrogen and oxygen atoms in total. The van der Waals surface area contributed by atoms with Crippen LogP contribution in [0.1, 0.15) is 5.69 Å². The van der Waals surface area contributed by atoms with E-state index in [9.17, 15) is 0 Å². The van der Waals surface area contributed by atoms with Crippen molar-refractivity contribution in [3.05, 3.63) is 47.8 Å². The lowest BCUT2D eigenvalue weighted by molar-refractivity contribution is 0.906.